The summed E-state index contributed by atoms with van der Waals surface area (Å²) in [6, 6.07) is -7.04. The van der Waals surface area contributed by atoms with Crippen LogP contribution in [-0.4, -0.2) is 118 Å². The monoisotopic (exact) mass is 619 g/mol. The van der Waals surface area contributed by atoms with Crippen LogP contribution in [0.5, 0.6) is 0 Å². The Morgan fingerprint density at radius 3 is 2.29 bits per heavy atom. The van der Waals surface area contributed by atoms with Gasteiger partial charge in [-0.05, 0) is 25.7 Å². The number of hydrogen-bond acceptors (Lipinski definition) is 11. The van der Waals surface area contributed by atoms with Crippen LogP contribution < -0.4 is 33.2 Å². The number of carboxylic acid groups (broad SMARTS) is 1. The highest BCUT2D eigenvalue weighted by molar-refractivity contribution is 7.80. The van der Waals surface area contributed by atoms with E-state index in [1.807, 2.05) is 0 Å². The summed E-state index contributed by atoms with van der Waals surface area (Å²) in [5.41, 5.74) is 16.2. The second-order valence-electron chi connectivity index (χ2n) is 9.11. The summed E-state index contributed by atoms with van der Waals surface area (Å²) in [6.07, 6.45) is -0.165. The molecule has 0 bridgehead atoms. The van der Waals surface area contributed by atoms with E-state index in [9.17, 15) is 38.7 Å². The Balaban J connectivity index is 3.43. The fraction of sp³-hybridized carbons (Fsp3) is 0.636. The largest absolute Gasteiger partial charge is 0.480 e. The Bertz CT molecular complexity index is 1020. The number of aliphatic carboxylic acids is 1. The van der Waals surface area contributed by atoms with Crippen molar-refractivity contribution in [2.45, 2.75) is 62.3 Å². The third kappa shape index (κ3) is 10.4. The van der Waals surface area contributed by atoms with Gasteiger partial charge in [0.05, 0.1) is 12.5 Å². The van der Waals surface area contributed by atoms with E-state index in [1.54, 1.807) is 0 Å². The molecule has 17 nitrogen and oxygen atoms in total. The molecule has 0 aliphatic carbocycles. The SMILES string of the molecule is N=C(N)NCCC[C@@H](C(=O)O)N(C(=O)[C@H](CS)NC(=O)[C@H](CC(N)=O)NC=O)C(=O)[C@@H]1CCCN1C(=O)[C@@H](N)CS. The van der Waals surface area contributed by atoms with Gasteiger partial charge in [0.1, 0.15) is 24.2 Å². The Labute approximate surface area is 247 Å². The number of nitrogens with one attached hydrogen (secondary N) is 4. The van der Waals surface area contributed by atoms with Gasteiger partial charge in [-0.3, -0.25) is 39.1 Å². The van der Waals surface area contributed by atoms with E-state index in [0.717, 1.165) is 0 Å². The molecule has 1 heterocycles. The molecule has 11 N–H and O–H groups in total. The summed E-state index contributed by atoms with van der Waals surface area (Å²) < 4.78 is 0. The van der Waals surface area contributed by atoms with Crippen molar-refractivity contribution in [3.63, 3.8) is 0 Å². The molecule has 0 aromatic rings. The van der Waals surface area contributed by atoms with Crippen LogP contribution in [-0.2, 0) is 33.6 Å². The number of carbonyl (C=O) groups is 7. The maximum Gasteiger partial charge on any atom is 0.326 e. The van der Waals surface area contributed by atoms with Crippen molar-refractivity contribution in [2.24, 2.45) is 17.2 Å². The van der Waals surface area contributed by atoms with Gasteiger partial charge in [0.2, 0.25) is 24.1 Å². The number of rotatable bonds is 17. The number of guanidine groups is 1. The Morgan fingerprint density at radius 1 is 1.12 bits per heavy atom. The minimum Gasteiger partial charge on any atom is -0.480 e. The zero-order chi connectivity index (χ0) is 31.3. The van der Waals surface area contributed by atoms with Gasteiger partial charge < -0.3 is 43.2 Å². The highest BCUT2D eigenvalue weighted by Crippen LogP contribution is 2.23. The molecule has 0 saturated carbocycles. The number of amides is 6. The summed E-state index contributed by atoms with van der Waals surface area (Å²) in [6.45, 7) is 0.191. The second-order valence-corrected chi connectivity index (χ2v) is 9.84. The summed E-state index contributed by atoms with van der Waals surface area (Å²) >= 11 is 8.08. The van der Waals surface area contributed by atoms with Crippen molar-refractivity contribution in [3.8, 4) is 0 Å². The van der Waals surface area contributed by atoms with E-state index in [1.165, 1.54) is 4.90 Å². The highest BCUT2D eigenvalue weighted by atomic mass is 32.1. The van der Waals surface area contributed by atoms with Crippen LogP contribution in [0.2, 0.25) is 0 Å². The third-order valence-electron chi connectivity index (χ3n) is 6.16. The number of carbonyl (C=O) groups excluding carboxylic acids is 6. The van der Waals surface area contributed by atoms with Crippen LogP contribution in [0.3, 0.4) is 0 Å². The summed E-state index contributed by atoms with van der Waals surface area (Å²) in [5.74, 6) is -7.03. The van der Waals surface area contributed by atoms with E-state index in [2.05, 4.69) is 41.2 Å². The molecule has 41 heavy (non-hydrogen) atoms. The first-order chi connectivity index (χ1) is 19.3. The number of likely N-dealkylation sites (tertiary alicyclic amines) is 1. The van der Waals surface area contributed by atoms with Gasteiger partial charge in [-0.25, -0.2) is 4.79 Å². The molecule has 1 fully saturated rings. The van der Waals surface area contributed by atoms with Crippen molar-refractivity contribution in [2.75, 3.05) is 24.6 Å². The minimum atomic E-state index is -1.74. The molecule has 0 unspecified atom stereocenters. The van der Waals surface area contributed by atoms with Crippen LogP contribution in [0.1, 0.15) is 32.1 Å². The molecule has 0 radical (unpaired) electrons. The Morgan fingerprint density at radius 2 is 1.78 bits per heavy atom. The summed E-state index contributed by atoms with van der Waals surface area (Å²) in [7, 11) is 0. The number of imide groups is 1. The van der Waals surface area contributed by atoms with Gasteiger partial charge in [0.15, 0.2) is 5.96 Å². The number of thiol groups is 2. The predicted octanol–water partition coefficient (Wildman–Crippen LogP) is -4.29. The molecular weight excluding hydrogens is 582 g/mol. The molecule has 1 aliphatic heterocycles. The maximum atomic E-state index is 13.8. The average molecular weight is 620 g/mol. The standard InChI is InChI=1S/C22H37N9O8S2/c23-11(8-40)18(35)30-6-2-4-14(30)20(37)31(15(21(38)39)3-1-5-27-22(25)26)19(36)13(9-41)29-17(34)12(28-10-32)7-16(24)33/h10-15,40-41H,1-9,23H2,(H2,24,33)(H,28,32)(H,29,34)(H,38,39)(H4,25,26,27)/t11-,12-,13-,14-,15-/m0/s1. The highest BCUT2D eigenvalue weighted by Gasteiger charge is 2.45. The number of nitrogens with zero attached hydrogens (tertiary/aromatic N) is 2. The smallest absolute Gasteiger partial charge is 0.326 e. The molecule has 19 heteroatoms. The molecule has 0 spiro atoms. The lowest BCUT2D eigenvalue weighted by Gasteiger charge is -2.35. The van der Waals surface area contributed by atoms with E-state index >= 15 is 0 Å². The van der Waals surface area contributed by atoms with Gasteiger partial charge in [-0.2, -0.15) is 25.3 Å². The molecule has 1 saturated heterocycles. The Hall–Kier alpha value is -3.58. The molecule has 1 aliphatic rings. The van der Waals surface area contributed by atoms with Crippen molar-refractivity contribution in [1.29, 1.82) is 5.41 Å². The molecule has 230 valence electrons. The lowest BCUT2D eigenvalue weighted by Crippen LogP contribution is -2.62. The first-order valence-corrected chi connectivity index (χ1v) is 13.8. The molecule has 6 amide bonds. The van der Waals surface area contributed by atoms with E-state index in [0.29, 0.717) is 11.3 Å². The fourth-order valence-electron chi connectivity index (χ4n) is 4.17. The first-order valence-electron chi connectivity index (χ1n) is 12.5. The fourth-order valence-corrected chi connectivity index (χ4v) is 4.58. The zero-order valence-electron chi connectivity index (χ0n) is 22.2. The maximum absolute atomic E-state index is 13.8. The summed E-state index contributed by atoms with van der Waals surface area (Å²) in [5, 5.41) is 24.1. The van der Waals surface area contributed by atoms with Crippen LogP contribution >= 0.6 is 25.3 Å². The number of nitrogens with two attached hydrogens (primary N) is 3. The van der Waals surface area contributed by atoms with Crippen molar-refractivity contribution >= 4 is 73.1 Å². The minimum absolute atomic E-state index is 0.0190. The molecule has 0 aromatic heterocycles. The van der Waals surface area contributed by atoms with Gasteiger partial charge in [-0.15, -0.1) is 0 Å². The van der Waals surface area contributed by atoms with E-state index in [4.69, 9.17) is 22.6 Å². The van der Waals surface area contributed by atoms with Crippen molar-refractivity contribution < 1.29 is 38.7 Å². The van der Waals surface area contributed by atoms with Crippen LogP contribution in [0.25, 0.3) is 0 Å². The molecule has 0 aromatic carbocycles. The third-order valence-corrected chi connectivity index (χ3v) is 6.92. The normalized spacial score (nSPS) is 17.3. The quantitative estimate of drug-likeness (QED) is 0.0244. The molecular formula is C22H37N9O8S2. The predicted molar refractivity (Wildman–Crippen MR) is 152 cm³/mol. The van der Waals surface area contributed by atoms with Gasteiger partial charge >= 0.3 is 5.97 Å². The van der Waals surface area contributed by atoms with Crippen molar-refractivity contribution in [1.82, 2.24) is 25.8 Å². The van der Waals surface area contributed by atoms with E-state index < -0.39 is 77.9 Å². The number of hydrogen-bond donors (Lipinski definition) is 10. The second kappa shape index (κ2) is 17.3. The Kier molecular flexibility index (Phi) is 14.9. The lowest BCUT2D eigenvalue weighted by atomic mass is 10.0. The molecule has 1 rings (SSSR count). The number of primary amides is 1. The first kappa shape index (κ1) is 35.4. The average Bonchev–Trinajstić information content (AvgIpc) is 3.41. The van der Waals surface area contributed by atoms with Gasteiger partial charge in [-0.1, -0.05) is 0 Å². The number of carboxylic acids is 1. The van der Waals surface area contributed by atoms with Gasteiger partial charge in [0.25, 0.3) is 11.8 Å². The van der Waals surface area contributed by atoms with Gasteiger partial charge in [0, 0.05) is 24.6 Å². The van der Waals surface area contributed by atoms with E-state index in [-0.39, 0.29) is 50.5 Å². The lowest BCUT2D eigenvalue weighted by molar-refractivity contribution is -0.162. The van der Waals surface area contributed by atoms with Crippen LogP contribution in [0.15, 0.2) is 0 Å². The summed E-state index contributed by atoms with van der Waals surface area (Å²) in [4.78, 5) is 89.4. The topological polar surface area (TPSA) is 284 Å². The van der Waals surface area contributed by atoms with Crippen LogP contribution in [0, 0.1) is 5.41 Å². The zero-order valence-corrected chi connectivity index (χ0v) is 23.9. The molecule has 5 atom stereocenters. The van der Waals surface area contributed by atoms with Crippen molar-refractivity contribution in [3.05, 3.63) is 0 Å². The van der Waals surface area contributed by atoms with Crippen LogP contribution in [0.4, 0.5) is 0 Å².